The lowest BCUT2D eigenvalue weighted by Gasteiger charge is -2.13. The predicted molar refractivity (Wildman–Crippen MR) is 70.2 cm³/mol. The Bertz CT molecular complexity index is 366. The Morgan fingerprint density at radius 3 is 1.72 bits per heavy atom. The molecule has 8 nitrogen and oxygen atoms in total. The highest BCUT2D eigenvalue weighted by Gasteiger charge is 2.07. The number of hydrogen-bond acceptors (Lipinski definition) is 7. The second kappa shape index (κ2) is 6.58. The van der Waals surface area contributed by atoms with E-state index in [1.807, 2.05) is 27.7 Å². The molecule has 0 bridgehead atoms. The molecule has 0 fully saturated rings. The van der Waals surface area contributed by atoms with Crippen LogP contribution in [0.3, 0.4) is 0 Å². The van der Waals surface area contributed by atoms with Crippen molar-refractivity contribution in [3.8, 4) is 0 Å². The lowest BCUT2D eigenvalue weighted by Crippen LogP contribution is -2.23. The average Bonchev–Trinajstić information content (AvgIpc) is 2.24. The number of carbonyl (C=O) groups is 1. The fourth-order valence-electron chi connectivity index (χ4n) is 1.17. The molecule has 0 radical (unpaired) electrons. The monoisotopic (exact) mass is 253 g/mol. The molecule has 0 aromatic carbocycles. The van der Waals surface area contributed by atoms with Crippen LogP contribution in [0.2, 0.25) is 0 Å². The average molecular weight is 253 g/mol. The number of nitrogens with zero attached hydrogens (tertiary/aromatic N) is 3. The Morgan fingerprint density at radius 1 is 0.889 bits per heavy atom. The molecule has 1 aromatic heterocycles. The Balaban J connectivity index is 2.91. The maximum Gasteiger partial charge on any atom is 0.248 e. The van der Waals surface area contributed by atoms with Gasteiger partial charge in [-0.25, -0.2) is 0 Å². The predicted octanol–water partition coefficient (Wildman–Crippen LogP) is 0.585. The van der Waals surface area contributed by atoms with E-state index in [4.69, 9.17) is 0 Å². The number of nitrogens with one attached hydrogen (secondary N) is 4. The van der Waals surface area contributed by atoms with E-state index >= 15 is 0 Å². The summed E-state index contributed by atoms with van der Waals surface area (Å²) in [5, 5.41) is 6.15. The second-order valence-electron chi connectivity index (χ2n) is 4.29. The van der Waals surface area contributed by atoms with Gasteiger partial charge in [-0.2, -0.15) is 15.0 Å². The van der Waals surface area contributed by atoms with Crippen molar-refractivity contribution in [1.82, 2.24) is 20.4 Å². The molecule has 8 heteroatoms. The number of anilines is 3. The molecular weight excluding hydrogens is 234 g/mol. The Hall–Kier alpha value is -2.12. The van der Waals surface area contributed by atoms with Crippen LogP contribution >= 0.6 is 0 Å². The number of hydrogen-bond donors (Lipinski definition) is 4. The molecule has 0 unspecified atom stereocenters. The van der Waals surface area contributed by atoms with Crippen LogP contribution in [0.4, 0.5) is 17.8 Å². The van der Waals surface area contributed by atoms with E-state index in [1.165, 1.54) is 0 Å². The molecule has 1 heterocycles. The molecule has 100 valence electrons. The summed E-state index contributed by atoms with van der Waals surface area (Å²) in [6.45, 7) is 7.93. The highest BCUT2D eigenvalue weighted by atomic mass is 16.1. The van der Waals surface area contributed by atoms with E-state index in [0.717, 1.165) is 0 Å². The number of aromatic nitrogens is 3. The topological polar surface area (TPSA) is 104 Å². The molecule has 0 atom stereocenters. The largest absolute Gasteiger partial charge is 0.352 e. The summed E-state index contributed by atoms with van der Waals surface area (Å²) in [5.74, 6) is 1.15. The molecular formula is C10H19N7O. The zero-order valence-corrected chi connectivity index (χ0v) is 11.0. The highest BCUT2D eigenvalue weighted by molar-refractivity contribution is 5.50. The number of hydrazine groups is 1. The van der Waals surface area contributed by atoms with Crippen LogP contribution in [0.1, 0.15) is 27.7 Å². The van der Waals surface area contributed by atoms with Gasteiger partial charge in [-0.05, 0) is 27.7 Å². The van der Waals surface area contributed by atoms with Gasteiger partial charge in [0.2, 0.25) is 24.3 Å². The molecule has 18 heavy (non-hydrogen) atoms. The van der Waals surface area contributed by atoms with Crippen LogP contribution < -0.4 is 21.5 Å². The minimum atomic E-state index is 0.200. The van der Waals surface area contributed by atoms with Crippen LogP contribution in [-0.2, 0) is 4.79 Å². The minimum absolute atomic E-state index is 0.200. The third kappa shape index (κ3) is 4.81. The van der Waals surface area contributed by atoms with E-state index in [9.17, 15) is 4.79 Å². The zero-order valence-electron chi connectivity index (χ0n) is 11.0. The Labute approximate surface area is 106 Å². The van der Waals surface area contributed by atoms with Crippen molar-refractivity contribution in [2.24, 2.45) is 0 Å². The normalized spacial score (nSPS) is 10.3. The molecule has 0 spiro atoms. The quantitative estimate of drug-likeness (QED) is 0.416. The van der Waals surface area contributed by atoms with Gasteiger partial charge in [0.25, 0.3) is 0 Å². The number of carbonyl (C=O) groups excluding carboxylic acids is 1. The standard InChI is InChI=1S/C10H19N7O/c1-6(2)12-8-14-9(13-7(3)4)16-10(15-8)17-11-5-18/h5-7H,1-4H3,(H,11,18)(H3,12,13,14,15,16,17). The highest BCUT2D eigenvalue weighted by Crippen LogP contribution is 2.10. The molecule has 0 aliphatic heterocycles. The van der Waals surface area contributed by atoms with Gasteiger partial charge in [0, 0.05) is 12.1 Å². The first-order valence-corrected chi connectivity index (χ1v) is 5.75. The van der Waals surface area contributed by atoms with E-state index in [1.54, 1.807) is 0 Å². The molecule has 4 N–H and O–H groups in total. The summed E-state index contributed by atoms with van der Waals surface area (Å²) >= 11 is 0. The van der Waals surface area contributed by atoms with Gasteiger partial charge in [0.1, 0.15) is 0 Å². The lowest BCUT2D eigenvalue weighted by atomic mass is 10.4. The maximum atomic E-state index is 10.2. The summed E-state index contributed by atoms with van der Waals surface area (Å²) in [6.07, 6.45) is 0.509. The lowest BCUT2D eigenvalue weighted by molar-refractivity contribution is -0.109. The van der Waals surface area contributed by atoms with Gasteiger partial charge < -0.3 is 10.6 Å². The molecule has 1 aromatic rings. The van der Waals surface area contributed by atoms with Gasteiger partial charge >= 0.3 is 0 Å². The molecule has 0 aliphatic carbocycles. The van der Waals surface area contributed by atoms with Crippen LogP contribution in [-0.4, -0.2) is 33.4 Å². The SMILES string of the molecule is CC(C)Nc1nc(NNC=O)nc(NC(C)C)n1. The summed E-state index contributed by atoms with van der Waals surface area (Å²) in [4.78, 5) is 22.7. The first-order valence-electron chi connectivity index (χ1n) is 5.75. The van der Waals surface area contributed by atoms with Crippen LogP contribution in [0.5, 0.6) is 0 Å². The fourth-order valence-corrected chi connectivity index (χ4v) is 1.17. The van der Waals surface area contributed by atoms with Crippen molar-refractivity contribution in [2.75, 3.05) is 16.1 Å². The van der Waals surface area contributed by atoms with Gasteiger partial charge in [0.15, 0.2) is 0 Å². The summed E-state index contributed by atoms with van der Waals surface area (Å²) in [6, 6.07) is 0.400. The summed E-state index contributed by atoms with van der Waals surface area (Å²) in [7, 11) is 0. The molecule has 0 saturated carbocycles. The van der Waals surface area contributed by atoms with Gasteiger partial charge in [-0.15, -0.1) is 0 Å². The van der Waals surface area contributed by atoms with Crippen molar-refractivity contribution >= 4 is 24.3 Å². The van der Waals surface area contributed by atoms with Gasteiger partial charge in [0.05, 0.1) is 0 Å². The Kier molecular flexibility index (Phi) is 5.09. The van der Waals surface area contributed by atoms with Gasteiger partial charge in [-0.3, -0.25) is 15.6 Å². The molecule has 1 amide bonds. The van der Waals surface area contributed by atoms with E-state index in [-0.39, 0.29) is 18.0 Å². The number of amides is 1. The van der Waals surface area contributed by atoms with Crippen LogP contribution in [0.25, 0.3) is 0 Å². The maximum absolute atomic E-state index is 10.2. The third-order valence-electron chi connectivity index (χ3n) is 1.71. The first kappa shape index (κ1) is 13.9. The Morgan fingerprint density at radius 2 is 1.33 bits per heavy atom. The second-order valence-corrected chi connectivity index (χ2v) is 4.29. The smallest absolute Gasteiger partial charge is 0.248 e. The molecule has 0 aliphatic rings. The van der Waals surface area contributed by atoms with Gasteiger partial charge in [-0.1, -0.05) is 0 Å². The summed E-state index contributed by atoms with van der Waals surface area (Å²) < 4.78 is 0. The van der Waals surface area contributed by atoms with Crippen molar-refractivity contribution in [3.63, 3.8) is 0 Å². The van der Waals surface area contributed by atoms with Crippen LogP contribution in [0, 0.1) is 0 Å². The molecule has 1 rings (SSSR count). The van der Waals surface area contributed by atoms with Crippen molar-refractivity contribution in [1.29, 1.82) is 0 Å². The van der Waals surface area contributed by atoms with Crippen LogP contribution in [0.15, 0.2) is 0 Å². The van der Waals surface area contributed by atoms with E-state index in [0.29, 0.717) is 18.3 Å². The van der Waals surface area contributed by atoms with E-state index < -0.39 is 0 Å². The zero-order chi connectivity index (χ0) is 13.5. The fraction of sp³-hybridized carbons (Fsp3) is 0.600. The molecule has 0 saturated heterocycles. The van der Waals surface area contributed by atoms with Crippen molar-refractivity contribution in [2.45, 2.75) is 39.8 Å². The minimum Gasteiger partial charge on any atom is -0.352 e. The van der Waals surface area contributed by atoms with Crippen molar-refractivity contribution < 1.29 is 4.79 Å². The first-order chi connectivity index (χ1) is 8.51. The number of rotatable bonds is 7. The summed E-state index contributed by atoms with van der Waals surface area (Å²) in [5.41, 5.74) is 4.85. The third-order valence-corrected chi connectivity index (χ3v) is 1.71. The van der Waals surface area contributed by atoms with E-state index in [2.05, 4.69) is 36.4 Å². The van der Waals surface area contributed by atoms with Crippen molar-refractivity contribution in [3.05, 3.63) is 0 Å².